The Labute approximate surface area is 201 Å². The zero-order valence-electron chi connectivity index (χ0n) is 21.1. The van der Waals surface area contributed by atoms with Gasteiger partial charge < -0.3 is 14.2 Å². The first kappa shape index (κ1) is 23.9. The zero-order valence-corrected chi connectivity index (χ0v) is 21.1. The topological polar surface area (TPSA) is 65.1 Å². The van der Waals surface area contributed by atoms with Crippen LogP contribution in [0.1, 0.15) is 55.7 Å². The minimum absolute atomic E-state index is 0.0169. The number of hydrogen-bond acceptors (Lipinski definition) is 5. The van der Waals surface area contributed by atoms with Crippen LogP contribution in [-0.4, -0.2) is 33.0 Å². The molecule has 0 spiro atoms. The number of ketones is 1. The Morgan fingerprint density at radius 2 is 1.59 bits per heavy atom. The summed E-state index contributed by atoms with van der Waals surface area (Å²) in [4.78, 5) is 29.1. The summed E-state index contributed by atoms with van der Waals surface area (Å²) in [5.74, 6) is 1.20. The fraction of sp³-hybridized carbons (Fsp3) is 0.429. The van der Waals surface area contributed by atoms with Crippen LogP contribution >= 0.6 is 0 Å². The van der Waals surface area contributed by atoms with Crippen LogP contribution in [-0.2, 0) is 9.59 Å². The maximum atomic E-state index is 13.7. The van der Waals surface area contributed by atoms with Gasteiger partial charge in [0.05, 0.1) is 27.0 Å². The molecule has 6 heteroatoms. The van der Waals surface area contributed by atoms with Gasteiger partial charge in [-0.05, 0) is 60.6 Å². The van der Waals surface area contributed by atoms with Gasteiger partial charge in [0, 0.05) is 30.0 Å². The summed E-state index contributed by atoms with van der Waals surface area (Å²) in [5, 5.41) is 0. The van der Waals surface area contributed by atoms with Crippen LogP contribution in [0, 0.1) is 19.3 Å². The van der Waals surface area contributed by atoms with E-state index in [4.69, 9.17) is 14.2 Å². The van der Waals surface area contributed by atoms with Crippen LogP contribution in [0.3, 0.4) is 0 Å². The van der Waals surface area contributed by atoms with Crippen LogP contribution in [0.2, 0.25) is 0 Å². The molecule has 0 aromatic heterocycles. The van der Waals surface area contributed by atoms with E-state index in [0.717, 1.165) is 28.1 Å². The van der Waals surface area contributed by atoms with Gasteiger partial charge in [0.2, 0.25) is 11.7 Å². The lowest BCUT2D eigenvalue weighted by molar-refractivity contribution is -0.121. The molecule has 34 heavy (non-hydrogen) atoms. The number of carbonyl (C=O) groups excluding carboxylic acids is 2. The highest BCUT2D eigenvalue weighted by Gasteiger charge is 2.45. The third kappa shape index (κ3) is 3.95. The minimum Gasteiger partial charge on any atom is -0.493 e. The number of Topliss-reactive ketones (excluding diaryl/α,β-unsaturated/α-hetero) is 1. The Morgan fingerprint density at radius 1 is 0.941 bits per heavy atom. The van der Waals surface area contributed by atoms with E-state index in [1.165, 1.54) is 0 Å². The number of rotatable bonds is 5. The molecule has 0 saturated carbocycles. The van der Waals surface area contributed by atoms with Crippen molar-refractivity contribution in [2.75, 3.05) is 26.2 Å². The molecule has 4 rings (SSSR count). The summed E-state index contributed by atoms with van der Waals surface area (Å²) >= 11 is 0. The van der Waals surface area contributed by atoms with E-state index < -0.39 is 0 Å². The van der Waals surface area contributed by atoms with E-state index in [2.05, 4.69) is 13.8 Å². The van der Waals surface area contributed by atoms with E-state index in [0.29, 0.717) is 35.7 Å². The fourth-order valence-electron chi connectivity index (χ4n) is 5.26. The number of methoxy groups -OCH3 is 3. The Kier molecular flexibility index (Phi) is 6.19. The Bertz CT molecular complexity index is 1170. The summed E-state index contributed by atoms with van der Waals surface area (Å²) in [6, 6.07) is 9.68. The first-order valence-corrected chi connectivity index (χ1v) is 11.6. The quantitative estimate of drug-likeness (QED) is 0.586. The summed E-state index contributed by atoms with van der Waals surface area (Å²) in [5.41, 5.74) is 5.11. The second kappa shape index (κ2) is 8.82. The summed E-state index contributed by atoms with van der Waals surface area (Å²) < 4.78 is 16.6. The molecule has 1 aliphatic carbocycles. The van der Waals surface area contributed by atoms with Crippen molar-refractivity contribution in [1.29, 1.82) is 0 Å². The summed E-state index contributed by atoms with van der Waals surface area (Å²) in [6.07, 6.45) is 1.28. The lowest BCUT2D eigenvalue weighted by atomic mass is 9.69. The SMILES string of the molecule is COc1cc(C2CC(=O)N(c3cccc(C)c3C)C3=C2C(=O)CC(C)(C)C3)cc(OC)c1OC. The fourth-order valence-corrected chi connectivity index (χ4v) is 5.26. The van der Waals surface area contributed by atoms with Crippen LogP contribution in [0.25, 0.3) is 0 Å². The lowest BCUT2D eigenvalue weighted by Crippen LogP contribution is -2.44. The monoisotopic (exact) mass is 463 g/mol. The van der Waals surface area contributed by atoms with Gasteiger partial charge >= 0.3 is 0 Å². The molecule has 180 valence electrons. The highest BCUT2D eigenvalue weighted by Crippen LogP contribution is 2.50. The highest BCUT2D eigenvalue weighted by atomic mass is 16.5. The van der Waals surface area contributed by atoms with Crippen molar-refractivity contribution in [2.24, 2.45) is 5.41 Å². The first-order chi connectivity index (χ1) is 16.1. The molecule has 1 amide bonds. The molecule has 0 radical (unpaired) electrons. The van der Waals surface area contributed by atoms with Gasteiger partial charge in [-0.25, -0.2) is 0 Å². The van der Waals surface area contributed by atoms with E-state index in [1.807, 2.05) is 44.2 Å². The second-order valence-electron chi connectivity index (χ2n) is 9.96. The Morgan fingerprint density at radius 3 is 2.18 bits per heavy atom. The predicted molar refractivity (Wildman–Crippen MR) is 132 cm³/mol. The minimum atomic E-state index is -0.374. The van der Waals surface area contributed by atoms with Gasteiger partial charge in [0.25, 0.3) is 0 Å². The average Bonchev–Trinajstić information content (AvgIpc) is 2.78. The molecule has 1 atom stereocenters. The van der Waals surface area contributed by atoms with Gasteiger partial charge in [-0.2, -0.15) is 0 Å². The van der Waals surface area contributed by atoms with Crippen LogP contribution in [0.15, 0.2) is 41.6 Å². The number of hydrogen-bond donors (Lipinski definition) is 0. The summed E-state index contributed by atoms with van der Waals surface area (Å²) in [7, 11) is 4.68. The number of benzene rings is 2. The van der Waals surface area contributed by atoms with Gasteiger partial charge in [0.1, 0.15) is 0 Å². The van der Waals surface area contributed by atoms with Crippen molar-refractivity contribution in [3.05, 3.63) is 58.3 Å². The number of ether oxygens (including phenoxy) is 3. The molecule has 2 aromatic carbocycles. The van der Waals surface area contributed by atoms with Crippen molar-refractivity contribution >= 4 is 17.4 Å². The van der Waals surface area contributed by atoms with Crippen molar-refractivity contribution in [1.82, 2.24) is 0 Å². The molecule has 2 aromatic rings. The number of nitrogens with zero attached hydrogens (tertiary/aromatic N) is 1. The predicted octanol–water partition coefficient (Wildman–Crippen LogP) is 5.49. The van der Waals surface area contributed by atoms with Crippen LogP contribution in [0.4, 0.5) is 5.69 Å². The maximum Gasteiger partial charge on any atom is 0.232 e. The van der Waals surface area contributed by atoms with Crippen molar-refractivity contribution < 1.29 is 23.8 Å². The van der Waals surface area contributed by atoms with Crippen molar-refractivity contribution in [3.63, 3.8) is 0 Å². The molecule has 2 aliphatic rings. The normalized spacial score (nSPS) is 19.7. The number of allylic oxidation sites excluding steroid dienone is 2. The molecule has 0 N–H and O–H groups in total. The molecule has 1 aliphatic heterocycles. The maximum absolute atomic E-state index is 13.7. The van der Waals surface area contributed by atoms with Crippen molar-refractivity contribution in [3.8, 4) is 17.2 Å². The lowest BCUT2D eigenvalue weighted by Gasteiger charge is -2.43. The van der Waals surface area contributed by atoms with Crippen molar-refractivity contribution in [2.45, 2.75) is 52.9 Å². The molecule has 6 nitrogen and oxygen atoms in total. The molecule has 0 saturated heterocycles. The van der Waals surface area contributed by atoms with E-state index in [1.54, 1.807) is 26.2 Å². The highest BCUT2D eigenvalue weighted by molar-refractivity contribution is 6.08. The molecule has 0 fully saturated rings. The van der Waals surface area contributed by atoms with Gasteiger partial charge in [-0.3, -0.25) is 14.5 Å². The third-order valence-corrected chi connectivity index (χ3v) is 7.05. The molecule has 1 heterocycles. The van der Waals surface area contributed by atoms with E-state index >= 15 is 0 Å². The smallest absolute Gasteiger partial charge is 0.232 e. The van der Waals surface area contributed by atoms with Gasteiger partial charge in [-0.1, -0.05) is 26.0 Å². The second-order valence-corrected chi connectivity index (χ2v) is 9.96. The average molecular weight is 464 g/mol. The first-order valence-electron chi connectivity index (χ1n) is 11.6. The number of amides is 1. The molecular weight excluding hydrogens is 430 g/mol. The van der Waals surface area contributed by atoms with Gasteiger partial charge in [-0.15, -0.1) is 0 Å². The zero-order chi connectivity index (χ0) is 24.8. The van der Waals surface area contributed by atoms with E-state index in [9.17, 15) is 9.59 Å². The Balaban J connectivity index is 1.95. The molecule has 0 bridgehead atoms. The largest absolute Gasteiger partial charge is 0.493 e. The number of carbonyl (C=O) groups is 2. The third-order valence-electron chi connectivity index (χ3n) is 7.05. The Hall–Kier alpha value is -3.28. The van der Waals surface area contributed by atoms with Crippen LogP contribution < -0.4 is 19.1 Å². The molecule has 1 unspecified atom stereocenters. The molecular formula is C28H33NO5. The van der Waals surface area contributed by atoms with E-state index in [-0.39, 0.29) is 29.4 Å². The number of anilines is 1. The summed E-state index contributed by atoms with van der Waals surface area (Å²) in [6.45, 7) is 8.24. The number of aryl methyl sites for hydroxylation is 1. The standard InChI is InChI=1S/C28H33NO5/c1-16-9-8-10-20(17(16)2)29-21-14-28(3,4)15-22(30)26(21)19(13-25(29)31)18-11-23(32-5)27(34-7)24(12-18)33-6/h8-12,19H,13-15H2,1-7H3. The van der Waals surface area contributed by atoms with Crippen LogP contribution in [0.5, 0.6) is 17.2 Å². The van der Waals surface area contributed by atoms with Gasteiger partial charge in [0.15, 0.2) is 17.3 Å².